The third-order valence-electron chi connectivity index (χ3n) is 3.79. The smallest absolute Gasteiger partial charge is 0.397 e. The summed E-state index contributed by atoms with van der Waals surface area (Å²) < 4.78 is 79.2. The molecule has 1 aromatic carbocycles. The van der Waals surface area contributed by atoms with E-state index < -0.39 is 86.9 Å². The summed E-state index contributed by atoms with van der Waals surface area (Å²) in [6, 6.07) is 1.29. The van der Waals surface area contributed by atoms with Crippen molar-refractivity contribution in [2.45, 2.75) is 30.7 Å². The first-order valence-corrected chi connectivity index (χ1v) is 10.6. The first-order valence-electron chi connectivity index (χ1n) is 7.84. The molecule has 1 aliphatic rings. The van der Waals surface area contributed by atoms with Gasteiger partial charge in [-0.15, -0.1) is 0 Å². The molecule has 0 saturated carbocycles. The highest BCUT2D eigenvalue weighted by atomic mass is 32.3. The maximum absolute atomic E-state index is 11.0. The van der Waals surface area contributed by atoms with Crippen molar-refractivity contribution in [1.82, 2.24) is 0 Å². The number of benzene rings is 1. The van der Waals surface area contributed by atoms with E-state index in [1.54, 1.807) is 0 Å². The fourth-order valence-electron chi connectivity index (χ4n) is 2.50. The molecule has 5 atom stereocenters. The van der Waals surface area contributed by atoms with Crippen LogP contribution in [0.25, 0.3) is 0 Å². The van der Waals surface area contributed by atoms with Gasteiger partial charge >= 0.3 is 26.8 Å². The first kappa shape index (κ1) is 25.0. The molecule has 16 nitrogen and oxygen atoms in total. The van der Waals surface area contributed by atoms with Crippen LogP contribution < -0.4 is 4.74 Å². The molecule has 7 N–H and O–H groups in total. The van der Waals surface area contributed by atoms with Crippen LogP contribution in [0.4, 0.5) is 0 Å². The first-order chi connectivity index (χ1) is 14.1. The minimum atomic E-state index is -5.29. The molecule has 0 spiro atoms. The van der Waals surface area contributed by atoms with E-state index in [4.69, 9.17) is 23.7 Å². The lowest BCUT2D eigenvalue weighted by atomic mass is 9.99. The number of aromatic carboxylic acids is 1. The lowest BCUT2D eigenvalue weighted by Crippen LogP contribution is -2.61. The van der Waals surface area contributed by atoms with Gasteiger partial charge in [0.1, 0.15) is 24.4 Å². The second kappa shape index (κ2) is 9.06. The average Bonchev–Trinajstić information content (AvgIpc) is 2.60. The van der Waals surface area contributed by atoms with Crippen molar-refractivity contribution in [3.05, 3.63) is 17.7 Å². The van der Waals surface area contributed by atoms with Crippen LogP contribution >= 0.6 is 0 Å². The summed E-state index contributed by atoms with van der Waals surface area (Å²) in [7, 11) is -10.3. The third kappa shape index (κ3) is 6.59. The zero-order chi connectivity index (χ0) is 23.7. The molecule has 2 rings (SSSR count). The number of carboxylic acid groups (broad SMARTS) is 1. The number of phenolic OH excluding ortho intramolecular Hbond substituents is 2. The molecule has 1 aromatic rings. The Labute approximate surface area is 173 Å². The van der Waals surface area contributed by atoms with Crippen LogP contribution in [-0.2, 0) is 33.9 Å². The zero-order valence-corrected chi connectivity index (χ0v) is 16.5. The van der Waals surface area contributed by atoms with Gasteiger partial charge in [-0.05, 0) is 12.1 Å². The number of aliphatic hydroxyl groups excluding tert-OH is 2. The summed E-state index contributed by atoms with van der Waals surface area (Å²) in [6.07, 6.45) is -10.7. The number of aromatic hydroxyl groups is 2. The summed E-state index contributed by atoms with van der Waals surface area (Å²) in [5.41, 5.74) is -0.560. The number of hydrogen-bond acceptors (Lipinski definition) is 13. The van der Waals surface area contributed by atoms with Gasteiger partial charge in [0.15, 0.2) is 11.5 Å². The van der Waals surface area contributed by atoms with E-state index in [9.17, 15) is 42.1 Å². The van der Waals surface area contributed by atoms with E-state index in [-0.39, 0.29) is 0 Å². The highest BCUT2D eigenvalue weighted by molar-refractivity contribution is 7.81. The van der Waals surface area contributed by atoms with E-state index in [1.165, 1.54) is 0 Å². The summed E-state index contributed by atoms with van der Waals surface area (Å²) in [5.74, 6) is -4.31. The largest absolute Gasteiger partial charge is 0.504 e. The highest BCUT2D eigenvalue weighted by Crippen LogP contribution is 2.39. The van der Waals surface area contributed by atoms with Crippen LogP contribution in [0.3, 0.4) is 0 Å². The zero-order valence-electron chi connectivity index (χ0n) is 14.9. The Morgan fingerprint density at radius 3 is 2.00 bits per heavy atom. The van der Waals surface area contributed by atoms with Crippen LogP contribution in [0.2, 0.25) is 0 Å². The van der Waals surface area contributed by atoms with Crippen molar-refractivity contribution in [1.29, 1.82) is 0 Å². The van der Waals surface area contributed by atoms with Gasteiger partial charge in [-0.1, -0.05) is 0 Å². The number of ether oxygens (including phenoxy) is 2. The Morgan fingerprint density at radius 2 is 1.55 bits per heavy atom. The standard InChI is InChI=1S/C13H16O16S2/c14-5-1-4(12(18)19)2-6(15)10(5)28-13-9(17)11(29-31(23,24)25)8(16)7(27-13)3-26-30(20,21)22/h1-2,7-9,11,13-17H,3H2,(H,18,19)(H,20,21,22)(H,23,24,25). The molecule has 0 aromatic heterocycles. The Hall–Kier alpha value is -2.29. The van der Waals surface area contributed by atoms with E-state index >= 15 is 0 Å². The van der Waals surface area contributed by atoms with Crippen LogP contribution in [0.1, 0.15) is 10.4 Å². The molecule has 1 aliphatic heterocycles. The van der Waals surface area contributed by atoms with Gasteiger partial charge in [0.25, 0.3) is 0 Å². The summed E-state index contributed by atoms with van der Waals surface area (Å²) in [5, 5.41) is 48.9. The lowest BCUT2D eigenvalue weighted by Gasteiger charge is -2.40. The molecular weight excluding hydrogens is 476 g/mol. The molecule has 0 bridgehead atoms. The quantitative estimate of drug-likeness (QED) is 0.187. The van der Waals surface area contributed by atoms with Gasteiger partial charge in [0.2, 0.25) is 12.0 Å². The van der Waals surface area contributed by atoms with Crippen LogP contribution in [0.5, 0.6) is 17.2 Å². The van der Waals surface area contributed by atoms with Crippen molar-refractivity contribution in [3.63, 3.8) is 0 Å². The minimum Gasteiger partial charge on any atom is -0.504 e. The number of phenols is 2. The van der Waals surface area contributed by atoms with E-state index in [0.29, 0.717) is 12.1 Å². The summed E-state index contributed by atoms with van der Waals surface area (Å²) in [6.45, 7) is -1.16. The van der Waals surface area contributed by atoms with E-state index in [2.05, 4.69) is 8.37 Å². The summed E-state index contributed by atoms with van der Waals surface area (Å²) in [4.78, 5) is 10.9. The molecule has 0 amide bonds. The number of carbonyl (C=O) groups is 1. The molecule has 18 heteroatoms. The third-order valence-corrected chi connectivity index (χ3v) is 4.69. The van der Waals surface area contributed by atoms with Gasteiger partial charge < -0.3 is 35.0 Å². The van der Waals surface area contributed by atoms with Gasteiger partial charge in [0, 0.05) is 0 Å². The minimum absolute atomic E-state index is 0.560. The molecule has 0 radical (unpaired) electrons. The fourth-order valence-corrected chi connectivity index (χ4v) is 3.32. The van der Waals surface area contributed by atoms with Gasteiger partial charge in [-0.25, -0.2) is 13.2 Å². The van der Waals surface area contributed by atoms with Gasteiger partial charge in [-0.2, -0.15) is 16.8 Å². The second-order valence-corrected chi connectivity index (χ2v) is 8.13. The lowest BCUT2D eigenvalue weighted by molar-refractivity contribution is -0.271. The van der Waals surface area contributed by atoms with Crippen molar-refractivity contribution in [3.8, 4) is 17.2 Å². The van der Waals surface area contributed by atoms with Crippen molar-refractivity contribution in [2.24, 2.45) is 0 Å². The second-order valence-electron chi connectivity index (χ2n) is 5.99. The molecule has 1 saturated heterocycles. The Kier molecular flexibility index (Phi) is 7.30. The predicted molar refractivity (Wildman–Crippen MR) is 92.0 cm³/mol. The SMILES string of the molecule is O=C(O)c1cc(O)c(OC2OC(COS(=O)(=O)O)C(O)C(OS(=O)(=O)O)C2O)c(O)c1. The highest BCUT2D eigenvalue weighted by Gasteiger charge is 2.49. The van der Waals surface area contributed by atoms with Crippen molar-refractivity contribution in [2.75, 3.05) is 6.61 Å². The normalized spacial score (nSPS) is 27.0. The summed E-state index contributed by atoms with van der Waals surface area (Å²) >= 11 is 0. The molecule has 31 heavy (non-hydrogen) atoms. The molecule has 5 unspecified atom stereocenters. The van der Waals surface area contributed by atoms with Crippen LogP contribution in [-0.4, -0.2) is 94.8 Å². The van der Waals surface area contributed by atoms with Crippen molar-refractivity contribution >= 4 is 26.8 Å². The average molecular weight is 492 g/mol. The molecule has 1 heterocycles. The number of carboxylic acids is 1. The molecule has 1 fully saturated rings. The Morgan fingerprint density at radius 1 is 1.00 bits per heavy atom. The van der Waals surface area contributed by atoms with Crippen LogP contribution in [0, 0.1) is 0 Å². The monoisotopic (exact) mass is 492 g/mol. The van der Waals surface area contributed by atoms with Gasteiger partial charge in [0.05, 0.1) is 12.2 Å². The number of aliphatic hydroxyl groups is 2. The number of hydrogen-bond donors (Lipinski definition) is 7. The topological polar surface area (TPSA) is 264 Å². The molecule has 176 valence electrons. The fraction of sp³-hybridized carbons (Fsp3) is 0.462. The Balaban J connectivity index is 2.37. The number of rotatable bonds is 8. The van der Waals surface area contributed by atoms with Crippen molar-refractivity contribution < 1.29 is 74.1 Å². The van der Waals surface area contributed by atoms with Gasteiger partial charge in [-0.3, -0.25) is 9.11 Å². The molecule has 0 aliphatic carbocycles. The van der Waals surface area contributed by atoms with E-state index in [0.717, 1.165) is 0 Å². The van der Waals surface area contributed by atoms with Crippen LogP contribution in [0.15, 0.2) is 12.1 Å². The molecular formula is C13H16O16S2. The predicted octanol–water partition coefficient (Wildman–Crippen LogP) is -2.37. The maximum Gasteiger partial charge on any atom is 0.397 e. The maximum atomic E-state index is 11.0. The van der Waals surface area contributed by atoms with E-state index in [1.807, 2.05) is 0 Å². The Bertz CT molecular complexity index is 1010.